The van der Waals surface area contributed by atoms with Gasteiger partial charge in [-0.2, -0.15) is 18.3 Å². The monoisotopic (exact) mass is 689 g/mol. The van der Waals surface area contributed by atoms with Gasteiger partial charge in [-0.3, -0.25) is 14.4 Å². The summed E-state index contributed by atoms with van der Waals surface area (Å²) in [6.07, 6.45) is -3.37. The Hall–Kier alpha value is -5.25. The van der Waals surface area contributed by atoms with E-state index in [9.17, 15) is 36.0 Å². The molecule has 254 valence electrons. The molecular formula is C32H31F4N5O6S. The van der Waals surface area contributed by atoms with E-state index in [-0.39, 0.29) is 33.0 Å². The summed E-state index contributed by atoms with van der Waals surface area (Å²) in [6, 6.07) is 12.5. The fourth-order valence-corrected chi connectivity index (χ4v) is 5.52. The van der Waals surface area contributed by atoms with E-state index in [2.05, 4.69) is 21.0 Å². The Morgan fingerprint density at radius 3 is 2.33 bits per heavy atom. The lowest BCUT2D eigenvalue weighted by Crippen LogP contribution is -2.45. The van der Waals surface area contributed by atoms with E-state index in [0.29, 0.717) is 23.7 Å². The smallest absolute Gasteiger partial charge is 0.435 e. The number of hydrogen-bond acceptors (Lipinski definition) is 7. The van der Waals surface area contributed by atoms with E-state index in [0.717, 1.165) is 18.4 Å². The molecule has 16 heteroatoms. The van der Waals surface area contributed by atoms with Gasteiger partial charge in [-0.1, -0.05) is 31.2 Å². The molecule has 3 aromatic carbocycles. The summed E-state index contributed by atoms with van der Waals surface area (Å²) in [4.78, 5) is 39.1. The quantitative estimate of drug-likeness (QED) is 0.188. The first kappa shape index (κ1) is 35.6. The van der Waals surface area contributed by atoms with Crippen LogP contribution in [0.15, 0.2) is 71.6 Å². The summed E-state index contributed by atoms with van der Waals surface area (Å²) in [5.74, 6) is -3.46. The Labute approximate surface area is 273 Å². The number of nitrogens with one attached hydrogen (secondary N) is 3. The molecule has 0 aliphatic heterocycles. The Morgan fingerprint density at radius 2 is 1.71 bits per heavy atom. The summed E-state index contributed by atoms with van der Waals surface area (Å²) in [5, 5.41) is 10.9. The van der Waals surface area contributed by atoms with E-state index in [1.54, 1.807) is 6.07 Å². The zero-order valence-electron chi connectivity index (χ0n) is 26.1. The Morgan fingerprint density at radius 1 is 1.00 bits per heavy atom. The van der Waals surface area contributed by atoms with Crippen molar-refractivity contribution < 1.29 is 45.1 Å². The van der Waals surface area contributed by atoms with Gasteiger partial charge in [0.1, 0.15) is 23.3 Å². The lowest BCUT2D eigenvalue weighted by molar-refractivity contribution is -0.141. The number of ether oxygens (including phenoxy) is 1. The van der Waals surface area contributed by atoms with E-state index in [4.69, 9.17) is 4.74 Å². The van der Waals surface area contributed by atoms with E-state index in [1.165, 1.54) is 56.5 Å². The fraction of sp³-hybridized carbons (Fsp3) is 0.250. The third-order valence-electron chi connectivity index (χ3n) is 7.01. The number of amides is 3. The van der Waals surface area contributed by atoms with Gasteiger partial charge in [-0.15, -0.1) is 0 Å². The molecule has 0 bridgehead atoms. The van der Waals surface area contributed by atoms with Gasteiger partial charge in [-0.05, 0) is 55.3 Å². The van der Waals surface area contributed by atoms with Crippen LogP contribution in [-0.4, -0.2) is 61.9 Å². The summed E-state index contributed by atoms with van der Waals surface area (Å²) >= 11 is 0. The maximum Gasteiger partial charge on any atom is 0.435 e. The molecule has 11 nitrogen and oxygen atoms in total. The third-order valence-corrected chi connectivity index (χ3v) is 8.17. The number of benzene rings is 3. The molecule has 4 rings (SSSR count). The molecule has 0 fully saturated rings. The molecule has 3 N–H and O–H groups in total. The SMILES string of the molecule is CCCNC(=O)[C@H](C)NC(=O)c1cc(OC)ccc1-n1nc(C(F)(F)F)cc1C(=O)Nc1ccc(-c2ccccc2S(C)(=O)=O)cc1F. The molecule has 1 heterocycles. The number of methoxy groups -OCH3 is 1. The zero-order chi connectivity index (χ0) is 35.4. The lowest BCUT2D eigenvalue weighted by atomic mass is 10.0. The van der Waals surface area contributed by atoms with Crippen LogP contribution in [0.25, 0.3) is 16.8 Å². The zero-order valence-corrected chi connectivity index (χ0v) is 26.9. The van der Waals surface area contributed by atoms with Gasteiger partial charge >= 0.3 is 6.18 Å². The number of aromatic nitrogens is 2. The van der Waals surface area contributed by atoms with Gasteiger partial charge in [0, 0.05) is 24.4 Å². The number of sulfone groups is 1. The maximum atomic E-state index is 15.3. The molecule has 1 aromatic heterocycles. The van der Waals surface area contributed by atoms with Crippen molar-refractivity contribution in [2.24, 2.45) is 0 Å². The van der Waals surface area contributed by atoms with Crippen molar-refractivity contribution >= 4 is 33.2 Å². The van der Waals surface area contributed by atoms with Crippen molar-refractivity contribution in [1.82, 2.24) is 20.4 Å². The number of nitrogens with zero attached hydrogens (tertiary/aromatic N) is 2. The van der Waals surface area contributed by atoms with Gasteiger partial charge in [0.05, 0.1) is 28.9 Å². The first-order valence-corrected chi connectivity index (χ1v) is 16.3. The Balaban J connectivity index is 1.74. The van der Waals surface area contributed by atoms with Crippen molar-refractivity contribution in [3.8, 4) is 22.6 Å². The lowest BCUT2D eigenvalue weighted by Gasteiger charge is -2.17. The predicted molar refractivity (Wildman–Crippen MR) is 168 cm³/mol. The highest BCUT2D eigenvalue weighted by atomic mass is 32.2. The fourth-order valence-electron chi connectivity index (χ4n) is 4.61. The predicted octanol–water partition coefficient (Wildman–Crippen LogP) is 5.01. The molecule has 0 saturated heterocycles. The van der Waals surface area contributed by atoms with E-state index in [1.807, 2.05) is 6.92 Å². The van der Waals surface area contributed by atoms with Crippen LogP contribution >= 0.6 is 0 Å². The molecule has 1 atom stereocenters. The van der Waals surface area contributed by atoms with Crippen LogP contribution in [-0.2, 0) is 20.8 Å². The van der Waals surface area contributed by atoms with Crippen molar-refractivity contribution in [1.29, 1.82) is 0 Å². The Bertz CT molecular complexity index is 1980. The van der Waals surface area contributed by atoms with Crippen LogP contribution in [0.2, 0.25) is 0 Å². The largest absolute Gasteiger partial charge is 0.497 e. The van der Waals surface area contributed by atoms with Crippen LogP contribution in [0.5, 0.6) is 5.75 Å². The first-order valence-electron chi connectivity index (χ1n) is 14.4. The molecule has 0 unspecified atom stereocenters. The summed E-state index contributed by atoms with van der Waals surface area (Å²) < 4.78 is 87.1. The average Bonchev–Trinajstić information content (AvgIpc) is 3.50. The van der Waals surface area contributed by atoms with E-state index >= 15 is 4.39 Å². The minimum atomic E-state index is -5.01. The van der Waals surface area contributed by atoms with Gasteiger partial charge in [-0.25, -0.2) is 17.5 Å². The van der Waals surface area contributed by atoms with Crippen LogP contribution in [0.4, 0.5) is 23.2 Å². The minimum absolute atomic E-state index is 0.0555. The number of rotatable bonds is 11. The standard InChI is InChI=1S/C32H31F4N5O6S/c1-5-14-37-29(42)18(2)38-30(43)22-16-20(47-3)11-13-25(22)41-26(17-28(40-41)32(34,35)36)31(44)39-24-12-10-19(15-23(24)33)21-8-6-7-9-27(21)48(4,45)46/h6-13,15-18H,5,14H2,1-4H3,(H,37,42)(H,38,43)(H,39,44)/t18-/m0/s1. The summed E-state index contributed by atoms with van der Waals surface area (Å²) in [7, 11) is -2.38. The molecular weight excluding hydrogens is 658 g/mol. The van der Waals surface area contributed by atoms with Crippen LogP contribution in [0, 0.1) is 5.82 Å². The van der Waals surface area contributed by atoms with Crippen molar-refractivity contribution in [2.75, 3.05) is 25.2 Å². The molecule has 0 radical (unpaired) electrons. The van der Waals surface area contributed by atoms with Crippen LogP contribution in [0.1, 0.15) is 46.8 Å². The number of carbonyl (C=O) groups excluding carboxylic acids is 3. The normalized spacial score (nSPS) is 12.2. The highest BCUT2D eigenvalue weighted by Crippen LogP contribution is 2.33. The first-order chi connectivity index (χ1) is 22.5. The molecule has 3 amide bonds. The van der Waals surface area contributed by atoms with Gasteiger partial charge in [0.2, 0.25) is 5.91 Å². The molecule has 0 spiro atoms. The summed E-state index contributed by atoms with van der Waals surface area (Å²) in [6.45, 7) is 3.60. The number of anilines is 1. The van der Waals surface area contributed by atoms with Gasteiger partial charge < -0.3 is 20.7 Å². The topological polar surface area (TPSA) is 148 Å². The maximum absolute atomic E-state index is 15.3. The second-order valence-electron chi connectivity index (χ2n) is 10.6. The number of carbonyl (C=O) groups is 3. The van der Waals surface area contributed by atoms with Crippen LogP contribution < -0.4 is 20.7 Å². The third kappa shape index (κ3) is 7.99. The number of hydrogen-bond donors (Lipinski definition) is 3. The van der Waals surface area contributed by atoms with Gasteiger partial charge in [0.25, 0.3) is 11.8 Å². The highest BCUT2D eigenvalue weighted by molar-refractivity contribution is 7.90. The number of alkyl halides is 3. The van der Waals surface area contributed by atoms with Gasteiger partial charge in [0.15, 0.2) is 15.5 Å². The summed E-state index contributed by atoms with van der Waals surface area (Å²) in [5.41, 5.74) is -2.80. The second kappa shape index (κ2) is 14.3. The average molecular weight is 690 g/mol. The molecule has 0 saturated carbocycles. The van der Waals surface area contributed by atoms with Crippen LogP contribution in [0.3, 0.4) is 0 Å². The molecule has 4 aromatic rings. The van der Waals surface area contributed by atoms with Crippen molar-refractivity contribution in [3.05, 3.63) is 89.5 Å². The highest BCUT2D eigenvalue weighted by Gasteiger charge is 2.37. The molecule has 0 aliphatic rings. The minimum Gasteiger partial charge on any atom is -0.497 e. The second-order valence-corrected chi connectivity index (χ2v) is 12.6. The van der Waals surface area contributed by atoms with Crippen molar-refractivity contribution in [2.45, 2.75) is 37.4 Å². The molecule has 0 aliphatic carbocycles. The molecule has 48 heavy (non-hydrogen) atoms. The number of halogens is 4. The Kier molecular flexibility index (Phi) is 10.6. The van der Waals surface area contributed by atoms with E-state index < -0.39 is 62.7 Å². The van der Waals surface area contributed by atoms with Crippen molar-refractivity contribution in [3.63, 3.8) is 0 Å².